The number of hydrogen-bond acceptors (Lipinski definition) is 2. The number of likely N-dealkylation sites (tertiary alicyclic amines) is 1. The van der Waals surface area contributed by atoms with Gasteiger partial charge in [-0.1, -0.05) is 35.0 Å². The van der Waals surface area contributed by atoms with Gasteiger partial charge in [-0.05, 0) is 37.1 Å². The highest BCUT2D eigenvalue weighted by atomic mass is 79.9. The molecule has 1 aliphatic rings. The van der Waals surface area contributed by atoms with E-state index in [0.29, 0.717) is 6.04 Å². The number of benzene rings is 1. The maximum Gasteiger partial charge on any atom is 0.251 e. The third kappa shape index (κ3) is 4.05. The van der Waals surface area contributed by atoms with Crippen LogP contribution in [0, 0.1) is 0 Å². The molecule has 19 heavy (non-hydrogen) atoms. The summed E-state index contributed by atoms with van der Waals surface area (Å²) in [5.74, 6) is 0.0519. The minimum atomic E-state index is 0.0519. The lowest BCUT2D eigenvalue weighted by molar-refractivity contribution is 0.0912. The van der Waals surface area contributed by atoms with E-state index in [4.69, 9.17) is 0 Å². The van der Waals surface area contributed by atoms with Gasteiger partial charge in [0.05, 0.1) is 0 Å². The van der Waals surface area contributed by atoms with E-state index >= 15 is 0 Å². The fourth-order valence-electron chi connectivity index (χ4n) is 2.41. The van der Waals surface area contributed by atoms with Crippen LogP contribution in [-0.2, 0) is 5.33 Å². The lowest BCUT2D eigenvalue weighted by Gasteiger charge is -2.31. The van der Waals surface area contributed by atoms with E-state index in [1.807, 2.05) is 24.3 Å². The second kappa shape index (κ2) is 7.06. The summed E-state index contributed by atoms with van der Waals surface area (Å²) < 4.78 is 0. The number of piperidine rings is 1. The van der Waals surface area contributed by atoms with E-state index < -0.39 is 0 Å². The van der Waals surface area contributed by atoms with Crippen molar-refractivity contribution in [1.82, 2.24) is 10.2 Å². The first-order chi connectivity index (χ1) is 9.22. The van der Waals surface area contributed by atoms with E-state index in [0.717, 1.165) is 43.4 Å². The lowest BCUT2D eigenvalue weighted by Crippen LogP contribution is -2.44. The van der Waals surface area contributed by atoms with E-state index in [9.17, 15) is 4.79 Å². The quantitative estimate of drug-likeness (QED) is 0.864. The van der Waals surface area contributed by atoms with E-state index in [1.165, 1.54) is 5.56 Å². The second-order valence-corrected chi connectivity index (χ2v) is 5.57. The van der Waals surface area contributed by atoms with Crippen molar-refractivity contribution in [3.63, 3.8) is 0 Å². The molecule has 0 unspecified atom stereocenters. The van der Waals surface area contributed by atoms with Crippen LogP contribution in [-0.4, -0.2) is 36.5 Å². The molecule has 1 saturated heterocycles. The maximum atomic E-state index is 12.1. The van der Waals surface area contributed by atoms with Crippen molar-refractivity contribution in [2.24, 2.45) is 0 Å². The molecule has 2 rings (SSSR count). The SMILES string of the molecule is CCN1CCC(NC(=O)c2ccc(CBr)cc2)CC1. The van der Waals surface area contributed by atoms with E-state index in [2.05, 4.69) is 33.1 Å². The predicted octanol–water partition coefficient (Wildman–Crippen LogP) is 2.80. The Bertz CT molecular complexity index is 411. The molecule has 1 fully saturated rings. The van der Waals surface area contributed by atoms with Crippen LogP contribution in [0.2, 0.25) is 0 Å². The van der Waals surface area contributed by atoms with Gasteiger partial charge in [-0.2, -0.15) is 0 Å². The van der Waals surface area contributed by atoms with Crippen molar-refractivity contribution < 1.29 is 4.79 Å². The summed E-state index contributed by atoms with van der Waals surface area (Å²) in [7, 11) is 0. The minimum Gasteiger partial charge on any atom is -0.349 e. The smallest absolute Gasteiger partial charge is 0.251 e. The highest BCUT2D eigenvalue weighted by molar-refractivity contribution is 9.08. The van der Waals surface area contributed by atoms with Crippen LogP contribution in [0.15, 0.2) is 24.3 Å². The van der Waals surface area contributed by atoms with E-state index in [1.54, 1.807) is 0 Å². The van der Waals surface area contributed by atoms with E-state index in [-0.39, 0.29) is 5.91 Å². The van der Waals surface area contributed by atoms with Crippen molar-refractivity contribution in [2.45, 2.75) is 31.1 Å². The number of carbonyl (C=O) groups excluding carboxylic acids is 1. The van der Waals surface area contributed by atoms with Crippen LogP contribution in [0.1, 0.15) is 35.7 Å². The van der Waals surface area contributed by atoms with Crippen LogP contribution in [0.25, 0.3) is 0 Å². The van der Waals surface area contributed by atoms with Gasteiger partial charge in [-0.25, -0.2) is 0 Å². The largest absolute Gasteiger partial charge is 0.349 e. The number of carbonyl (C=O) groups is 1. The molecule has 3 nitrogen and oxygen atoms in total. The van der Waals surface area contributed by atoms with Gasteiger partial charge in [0, 0.05) is 30.0 Å². The number of alkyl halides is 1. The maximum absolute atomic E-state index is 12.1. The van der Waals surface area contributed by atoms with Gasteiger partial charge in [0.1, 0.15) is 0 Å². The standard InChI is InChI=1S/C15H21BrN2O/c1-2-18-9-7-14(8-10-18)17-15(19)13-5-3-12(11-16)4-6-13/h3-6,14H,2,7-11H2,1H3,(H,17,19). The Labute approximate surface area is 123 Å². The molecular weight excluding hydrogens is 304 g/mol. The molecule has 0 bridgehead atoms. The van der Waals surface area contributed by atoms with Gasteiger partial charge in [0.2, 0.25) is 0 Å². The molecule has 0 aliphatic carbocycles. The zero-order chi connectivity index (χ0) is 13.7. The number of nitrogens with zero attached hydrogens (tertiary/aromatic N) is 1. The first-order valence-electron chi connectivity index (χ1n) is 6.91. The molecule has 4 heteroatoms. The Kier molecular flexibility index (Phi) is 5.40. The molecule has 0 saturated carbocycles. The average molecular weight is 325 g/mol. The van der Waals surface area contributed by atoms with Crippen LogP contribution in [0.5, 0.6) is 0 Å². The van der Waals surface area contributed by atoms with Crippen molar-refractivity contribution in [2.75, 3.05) is 19.6 Å². The first-order valence-corrected chi connectivity index (χ1v) is 8.03. The normalized spacial score (nSPS) is 17.4. The Morgan fingerprint density at radius 3 is 2.47 bits per heavy atom. The first kappa shape index (κ1) is 14.5. The van der Waals surface area contributed by atoms with Gasteiger partial charge < -0.3 is 10.2 Å². The molecular formula is C15H21BrN2O. The molecule has 1 heterocycles. The zero-order valence-corrected chi connectivity index (χ0v) is 12.9. The van der Waals surface area contributed by atoms with Crippen LogP contribution in [0.3, 0.4) is 0 Å². The predicted molar refractivity (Wildman–Crippen MR) is 81.7 cm³/mol. The topological polar surface area (TPSA) is 32.3 Å². The summed E-state index contributed by atoms with van der Waals surface area (Å²) in [6, 6.07) is 8.10. The molecule has 0 atom stereocenters. The van der Waals surface area contributed by atoms with Gasteiger partial charge in [-0.15, -0.1) is 0 Å². The summed E-state index contributed by atoms with van der Waals surface area (Å²) >= 11 is 3.41. The Balaban J connectivity index is 1.87. The number of amides is 1. The minimum absolute atomic E-state index is 0.0519. The molecule has 1 aromatic rings. The number of hydrogen-bond donors (Lipinski definition) is 1. The van der Waals surface area contributed by atoms with Crippen molar-refractivity contribution in [3.05, 3.63) is 35.4 Å². The average Bonchev–Trinajstić information content (AvgIpc) is 2.48. The van der Waals surface area contributed by atoms with Crippen molar-refractivity contribution in [3.8, 4) is 0 Å². The third-order valence-corrected chi connectivity index (χ3v) is 4.39. The Morgan fingerprint density at radius 1 is 1.32 bits per heavy atom. The van der Waals surface area contributed by atoms with Crippen LogP contribution >= 0.6 is 15.9 Å². The molecule has 0 aromatic heterocycles. The highest BCUT2D eigenvalue weighted by Gasteiger charge is 2.19. The van der Waals surface area contributed by atoms with Crippen molar-refractivity contribution in [1.29, 1.82) is 0 Å². The molecule has 1 N–H and O–H groups in total. The summed E-state index contributed by atoms with van der Waals surface area (Å²) in [6.45, 7) is 5.47. The molecule has 1 aromatic carbocycles. The third-order valence-electron chi connectivity index (χ3n) is 3.74. The molecule has 104 valence electrons. The highest BCUT2D eigenvalue weighted by Crippen LogP contribution is 2.12. The summed E-state index contributed by atoms with van der Waals surface area (Å²) in [4.78, 5) is 14.6. The van der Waals surface area contributed by atoms with Crippen LogP contribution in [0.4, 0.5) is 0 Å². The van der Waals surface area contributed by atoms with Crippen LogP contribution < -0.4 is 5.32 Å². The number of halogens is 1. The fraction of sp³-hybridized carbons (Fsp3) is 0.533. The van der Waals surface area contributed by atoms with Gasteiger partial charge in [0.25, 0.3) is 5.91 Å². The lowest BCUT2D eigenvalue weighted by atomic mass is 10.0. The molecule has 0 radical (unpaired) electrons. The number of nitrogens with one attached hydrogen (secondary N) is 1. The Morgan fingerprint density at radius 2 is 1.95 bits per heavy atom. The fourth-order valence-corrected chi connectivity index (χ4v) is 2.78. The summed E-state index contributed by atoms with van der Waals surface area (Å²) in [6.07, 6.45) is 2.11. The zero-order valence-electron chi connectivity index (χ0n) is 11.4. The van der Waals surface area contributed by atoms with Crippen molar-refractivity contribution >= 4 is 21.8 Å². The molecule has 1 aliphatic heterocycles. The monoisotopic (exact) mass is 324 g/mol. The second-order valence-electron chi connectivity index (χ2n) is 5.01. The molecule has 1 amide bonds. The summed E-state index contributed by atoms with van der Waals surface area (Å²) in [5.41, 5.74) is 1.94. The van der Waals surface area contributed by atoms with Gasteiger partial charge in [-0.3, -0.25) is 4.79 Å². The Hall–Kier alpha value is -0.870. The number of rotatable bonds is 4. The van der Waals surface area contributed by atoms with Gasteiger partial charge in [0.15, 0.2) is 0 Å². The summed E-state index contributed by atoms with van der Waals surface area (Å²) in [5, 5.41) is 3.96. The van der Waals surface area contributed by atoms with Gasteiger partial charge >= 0.3 is 0 Å². The molecule has 0 spiro atoms.